The molecule has 4 nitrogen and oxygen atoms in total. The van der Waals surface area contributed by atoms with Crippen LogP contribution in [-0.4, -0.2) is 29.0 Å². The van der Waals surface area contributed by atoms with E-state index >= 15 is 0 Å². The third kappa shape index (κ3) is 4.06. The number of hydrogen-bond acceptors (Lipinski definition) is 3. The summed E-state index contributed by atoms with van der Waals surface area (Å²) in [6.07, 6.45) is 9.78. The first-order valence-corrected chi connectivity index (χ1v) is 8.12. The standard InChI is InChI=1S/C16H29N3O/c1-4-15-14(12-19(3)18-15)16(17-5-2)10-6-8-13-9-7-11-20-13/h12-13,16-17H,4-11H2,1-3H3. The topological polar surface area (TPSA) is 39.1 Å². The van der Waals surface area contributed by atoms with Gasteiger partial charge >= 0.3 is 0 Å². The smallest absolute Gasteiger partial charge is 0.0669 e. The summed E-state index contributed by atoms with van der Waals surface area (Å²) in [5.41, 5.74) is 2.61. The Morgan fingerprint density at radius 3 is 3.00 bits per heavy atom. The normalized spacial score (nSPS) is 20.4. The molecule has 114 valence electrons. The summed E-state index contributed by atoms with van der Waals surface area (Å²) in [5, 5.41) is 8.19. The fourth-order valence-corrected chi connectivity index (χ4v) is 3.15. The molecule has 0 aromatic carbocycles. The predicted molar refractivity (Wildman–Crippen MR) is 81.8 cm³/mol. The van der Waals surface area contributed by atoms with Crippen LogP contribution in [0, 0.1) is 0 Å². The van der Waals surface area contributed by atoms with E-state index in [9.17, 15) is 0 Å². The zero-order valence-corrected chi connectivity index (χ0v) is 13.2. The largest absolute Gasteiger partial charge is 0.378 e. The number of nitrogens with zero attached hydrogens (tertiary/aromatic N) is 2. The minimum atomic E-state index is 0.435. The molecular weight excluding hydrogens is 250 g/mol. The maximum absolute atomic E-state index is 5.71. The molecule has 4 heteroatoms. The summed E-state index contributed by atoms with van der Waals surface area (Å²) in [7, 11) is 2.01. The number of aromatic nitrogens is 2. The molecule has 2 heterocycles. The van der Waals surface area contributed by atoms with Crippen LogP contribution in [0.2, 0.25) is 0 Å². The van der Waals surface area contributed by atoms with Gasteiger partial charge in [-0.25, -0.2) is 0 Å². The second-order valence-corrected chi connectivity index (χ2v) is 5.73. The lowest BCUT2D eigenvalue weighted by atomic mass is 9.99. The van der Waals surface area contributed by atoms with Gasteiger partial charge in [-0.1, -0.05) is 13.8 Å². The van der Waals surface area contributed by atoms with E-state index in [1.165, 1.54) is 43.4 Å². The average molecular weight is 279 g/mol. The minimum Gasteiger partial charge on any atom is -0.378 e. The molecule has 2 atom stereocenters. The highest BCUT2D eigenvalue weighted by Crippen LogP contribution is 2.25. The Balaban J connectivity index is 1.91. The lowest BCUT2D eigenvalue weighted by Gasteiger charge is -2.18. The van der Waals surface area contributed by atoms with Crippen molar-refractivity contribution in [3.8, 4) is 0 Å². The second kappa shape index (κ2) is 7.79. The Hall–Kier alpha value is -0.870. The van der Waals surface area contributed by atoms with E-state index in [1.807, 2.05) is 11.7 Å². The Labute approximate surface area is 122 Å². The molecule has 0 saturated carbocycles. The molecule has 1 N–H and O–H groups in total. The first-order valence-electron chi connectivity index (χ1n) is 8.12. The third-order valence-electron chi connectivity index (χ3n) is 4.14. The molecule has 0 bridgehead atoms. The van der Waals surface area contributed by atoms with E-state index in [1.54, 1.807) is 0 Å². The van der Waals surface area contributed by atoms with Crippen LogP contribution in [-0.2, 0) is 18.2 Å². The fourth-order valence-electron chi connectivity index (χ4n) is 3.15. The highest BCUT2D eigenvalue weighted by atomic mass is 16.5. The van der Waals surface area contributed by atoms with Crippen molar-refractivity contribution in [2.24, 2.45) is 7.05 Å². The summed E-state index contributed by atoms with van der Waals surface area (Å²) in [4.78, 5) is 0. The number of rotatable bonds is 8. The predicted octanol–water partition coefficient (Wildman–Crippen LogP) is 2.98. The number of hydrogen-bond donors (Lipinski definition) is 1. The number of nitrogens with one attached hydrogen (secondary N) is 1. The van der Waals surface area contributed by atoms with Gasteiger partial charge in [-0.15, -0.1) is 0 Å². The van der Waals surface area contributed by atoms with Crippen LogP contribution in [0.15, 0.2) is 6.20 Å². The summed E-state index contributed by atoms with van der Waals surface area (Å²) >= 11 is 0. The summed E-state index contributed by atoms with van der Waals surface area (Å²) < 4.78 is 7.66. The molecule has 1 fully saturated rings. The molecular formula is C16H29N3O. The zero-order valence-electron chi connectivity index (χ0n) is 13.2. The Bertz CT molecular complexity index is 396. The van der Waals surface area contributed by atoms with Gasteiger partial charge in [-0.2, -0.15) is 5.10 Å². The molecule has 2 unspecified atom stereocenters. The molecule has 2 rings (SSSR count). The summed E-state index contributed by atoms with van der Waals surface area (Å²) in [6, 6.07) is 0.435. The van der Waals surface area contributed by atoms with Crippen LogP contribution >= 0.6 is 0 Å². The SMILES string of the molecule is CCNC(CCCC1CCCO1)c1cn(C)nc1CC. The van der Waals surface area contributed by atoms with E-state index < -0.39 is 0 Å². The van der Waals surface area contributed by atoms with E-state index in [2.05, 4.69) is 30.5 Å². The van der Waals surface area contributed by atoms with Gasteiger partial charge in [0.2, 0.25) is 0 Å². The molecule has 1 aliphatic heterocycles. The third-order valence-corrected chi connectivity index (χ3v) is 4.14. The number of ether oxygens (including phenoxy) is 1. The van der Waals surface area contributed by atoms with Crippen LogP contribution in [0.25, 0.3) is 0 Å². The van der Waals surface area contributed by atoms with Crippen LogP contribution in [0.4, 0.5) is 0 Å². The van der Waals surface area contributed by atoms with E-state index in [0.717, 1.165) is 19.6 Å². The van der Waals surface area contributed by atoms with Crippen LogP contribution in [0.1, 0.15) is 63.3 Å². The van der Waals surface area contributed by atoms with Gasteiger partial charge in [0.05, 0.1) is 11.8 Å². The average Bonchev–Trinajstić information content (AvgIpc) is 3.07. The quantitative estimate of drug-likeness (QED) is 0.795. The maximum Gasteiger partial charge on any atom is 0.0669 e. The van der Waals surface area contributed by atoms with Gasteiger partial charge in [0.1, 0.15) is 0 Å². The molecule has 1 aromatic heterocycles. The van der Waals surface area contributed by atoms with Crippen molar-refractivity contribution in [3.63, 3.8) is 0 Å². The van der Waals surface area contributed by atoms with E-state index in [-0.39, 0.29) is 0 Å². The molecule has 1 saturated heterocycles. The van der Waals surface area contributed by atoms with Crippen molar-refractivity contribution in [1.29, 1.82) is 0 Å². The fraction of sp³-hybridized carbons (Fsp3) is 0.812. The van der Waals surface area contributed by atoms with Crippen LogP contribution in [0.5, 0.6) is 0 Å². The highest BCUT2D eigenvalue weighted by Gasteiger charge is 2.19. The van der Waals surface area contributed by atoms with Crippen LogP contribution in [0.3, 0.4) is 0 Å². The molecule has 0 spiro atoms. The molecule has 0 radical (unpaired) electrons. The zero-order chi connectivity index (χ0) is 14.4. The Morgan fingerprint density at radius 1 is 1.50 bits per heavy atom. The monoisotopic (exact) mass is 279 g/mol. The van der Waals surface area contributed by atoms with Crippen molar-refractivity contribution in [3.05, 3.63) is 17.5 Å². The summed E-state index contributed by atoms with van der Waals surface area (Å²) in [5.74, 6) is 0. The van der Waals surface area contributed by atoms with Crippen molar-refractivity contribution >= 4 is 0 Å². The van der Waals surface area contributed by atoms with E-state index in [0.29, 0.717) is 12.1 Å². The molecule has 20 heavy (non-hydrogen) atoms. The van der Waals surface area contributed by atoms with Gasteiger partial charge < -0.3 is 10.1 Å². The first-order chi connectivity index (χ1) is 9.74. The van der Waals surface area contributed by atoms with Crippen molar-refractivity contribution in [2.75, 3.05) is 13.2 Å². The lowest BCUT2D eigenvalue weighted by Crippen LogP contribution is -2.22. The van der Waals surface area contributed by atoms with Gasteiger partial charge in [0.15, 0.2) is 0 Å². The molecule has 0 aliphatic carbocycles. The Kier molecular flexibility index (Phi) is 6.05. The minimum absolute atomic E-state index is 0.435. The van der Waals surface area contributed by atoms with E-state index in [4.69, 9.17) is 4.74 Å². The van der Waals surface area contributed by atoms with Gasteiger partial charge in [0, 0.05) is 31.5 Å². The highest BCUT2D eigenvalue weighted by molar-refractivity contribution is 5.21. The number of aryl methyl sites for hydroxylation is 2. The molecule has 1 aliphatic rings. The second-order valence-electron chi connectivity index (χ2n) is 5.73. The van der Waals surface area contributed by atoms with Crippen molar-refractivity contribution in [2.45, 2.75) is 64.5 Å². The summed E-state index contributed by atoms with van der Waals surface area (Å²) in [6.45, 7) is 6.32. The van der Waals surface area contributed by atoms with Gasteiger partial charge in [0.25, 0.3) is 0 Å². The Morgan fingerprint density at radius 2 is 2.35 bits per heavy atom. The molecule has 0 amide bonds. The maximum atomic E-state index is 5.71. The van der Waals surface area contributed by atoms with Crippen molar-refractivity contribution in [1.82, 2.24) is 15.1 Å². The van der Waals surface area contributed by atoms with Crippen molar-refractivity contribution < 1.29 is 4.74 Å². The van der Waals surface area contributed by atoms with Gasteiger partial charge in [-0.05, 0) is 45.1 Å². The molecule has 1 aromatic rings. The van der Waals surface area contributed by atoms with Crippen LogP contribution < -0.4 is 5.32 Å². The first kappa shape index (κ1) is 15.5. The van der Waals surface area contributed by atoms with Gasteiger partial charge in [-0.3, -0.25) is 4.68 Å². The lowest BCUT2D eigenvalue weighted by molar-refractivity contribution is 0.101.